The van der Waals surface area contributed by atoms with E-state index < -0.39 is 5.97 Å². The summed E-state index contributed by atoms with van der Waals surface area (Å²) < 4.78 is 6.90. The van der Waals surface area contributed by atoms with E-state index in [1.807, 2.05) is 30.3 Å². The monoisotopic (exact) mass is 536 g/mol. The molecule has 3 rings (SSSR count). The molecule has 0 bridgehead atoms. The Balaban J connectivity index is 0.00000225. The number of ketones is 1. The van der Waals surface area contributed by atoms with Crippen molar-refractivity contribution in [2.45, 2.75) is 33.2 Å². The van der Waals surface area contributed by atoms with Crippen molar-refractivity contribution in [3.05, 3.63) is 89.0 Å². The van der Waals surface area contributed by atoms with E-state index in [0.717, 1.165) is 5.56 Å². The average molecular weight is 538 g/mol. The molecule has 2 heterocycles. The Morgan fingerprint density at radius 3 is 2.27 bits per heavy atom. The first-order chi connectivity index (χ1) is 13.5. The third-order valence-electron chi connectivity index (χ3n) is 4.68. The van der Waals surface area contributed by atoms with Crippen LogP contribution < -0.4 is 43.8 Å². The van der Waals surface area contributed by atoms with Crippen molar-refractivity contribution in [3.8, 4) is 0 Å². The fraction of sp³-hybridized carbons (Fsp3) is 0.261. The van der Waals surface area contributed by atoms with E-state index in [1.165, 1.54) is 11.4 Å². The first-order valence-corrected chi connectivity index (χ1v) is 9.48. The molecule has 0 atom stereocenters. The third-order valence-corrected chi connectivity index (χ3v) is 4.68. The number of hydrogen-bond donors (Lipinski definition) is 1. The maximum absolute atomic E-state index is 12.6. The van der Waals surface area contributed by atoms with Crippen molar-refractivity contribution >= 4 is 11.8 Å². The highest BCUT2D eigenvalue weighted by Crippen LogP contribution is 2.22. The van der Waals surface area contributed by atoms with Gasteiger partial charge in [0.1, 0.15) is 11.4 Å². The minimum absolute atomic E-state index is 0. The van der Waals surface area contributed by atoms with Gasteiger partial charge in [0.05, 0.1) is 6.61 Å². The maximum atomic E-state index is 12.6. The zero-order chi connectivity index (χ0) is 20.1. The molecule has 1 aliphatic heterocycles. The zero-order valence-electron chi connectivity index (χ0n) is 17.3. The van der Waals surface area contributed by atoms with Crippen molar-refractivity contribution < 1.29 is 58.2 Å². The fourth-order valence-corrected chi connectivity index (χ4v) is 3.40. The van der Waals surface area contributed by atoms with Crippen molar-refractivity contribution in [1.29, 1.82) is 0 Å². The summed E-state index contributed by atoms with van der Waals surface area (Å²) in [5, 5.41) is 2.13. The first kappa shape index (κ1) is 25.9. The zero-order valence-corrected chi connectivity index (χ0v) is 20.4. The number of ether oxygens (including phenoxy) is 1. The average Bonchev–Trinajstić information content (AvgIpc) is 2.68. The molecule has 0 amide bonds. The van der Waals surface area contributed by atoms with Gasteiger partial charge in [-0.25, -0.2) is 4.79 Å². The van der Waals surface area contributed by atoms with Crippen LogP contribution in [0.25, 0.3) is 0 Å². The number of Topliss-reactive ketones (excluding diaryl/α,β-unsaturated/α-hetero) is 1. The van der Waals surface area contributed by atoms with Gasteiger partial charge >= 0.3 is 5.97 Å². The molecular weight excluding hydrogens is 512 g/mol. The number of carbonyl (C=O) groups is 2. The van der Waals surface area contributed by atoms with Gasteiger partial charge in [-0.05, 0) is 24.6 Å². The fourth-order valence-electron chi connectivity index (χ4n) is 3.40. The number of nitrogens with two attached hydrogens (primary N) is 1. The Kier molecular flexibility index (Phi) is 10.3. The molecule has 5 nitrogen and oxygen atoms in total. The molecule has 0 radical (unpaired) electrons. The second-order valence-corrected chi connectivity index (χ2v) is 6.97. The molecule has 7 heteroatoms. The van der Waals surface area contributed by atoms with Crippen LogP contribution in [0.15, 0.2) is 72.2 Å². The number of hydrogen-bond acceptors (Lipinski definition) is 3. The van der Waals surface area contributed by atoms with Crippen molar-refractivity contribution in [3.63, 3.8) is 0 Å². The predicted molar refractivity (Wildman–Crippen MR) is 106 cm³/mol. The van der Waals surface area contributed by atoms with Crippen LogP contribution in [-0.4, -0.2) is 18.4 Å². The van der Waals surface area contributed by atoms with Gasteiger partial charge in [0.2, 0.25) is 12.3 Å². The van der Waals surface area contributed by atoms with E-state index in [1.54, 1.807) is 29.8 Å². The van der Waals surface area contributed by atoms with Crippen LogP contribution in [0.1, 0.15) is 53.1 Å². The number of allylic oxidation sites excluding steroid dienone is 4. The maximum Gasteiger partial charge on any atom is 0.403 e. The quantitative estimate of drug-likeness (QED) is 0.236. The van der Waals surface area contributed by atoms with Crippen molar-refractivity contribution in [1.82, 2.24) is 0 Å². The Bertz CT molecular complexity index is 938. The lowest BCUT2D eigenvalue weighted by Crippen LogP contribution is -3.00. The molecule has 0 spiro atoms. The predicted octanol–water partition coefficient (Wildman–Crippen LogP) is -3.49. The first-order valence-electron chi connectivity index (χ1n) is 9.48. The van der Waals surface area contributed by atoms with Crippen LogP contribution >= 0.6 is 0 Å². The Morgan fingerprint density at radius 1 is 1.03 bits per heavy atom. The van der Waals surface area contributed by atoms with Crippen LogP contribution in [-0.2, 0) is 11.3 Å². The summed E-state index contributed by atoms with van der Waals surface area (Å²) in [7, 11) is 0. The van der Waals surface area contributed by atoms with Gasteiger partial charge in [-0.15, -0.1) is 0 Å². The summed E-state index contributed by atoms with van der Waals surface area (Å²) in [4.78, 5) is 25.2. The number of nitrogens with zero attached hydrogens (tertiary/aromatic N) is 1. The third kappa shape index (κ3) is 6.45. The largest absolute Gasteiger partial charge is 1.00 e. The summed E-state index contributed by atoms with van der Waals surface area (Å²) in [6.07, 6.45) is 6.13. The van der Waals surface area contributed by atoms with Gasteiger partial charge in [-0.3, -0.25) is 10.1 Å². The molecule has 160 valence electrons. The summed E-state index contributed by atoms with van der Waals surface area (Å²) in [6.45, 7) is 6.28. The normalized spacial score (nSPS) is 13.3. The van der Waals surface area contributed by atoms with E-state index in [4.69, 9.17) is 4.74 Å². The van der Waals surface area contributed by atoms with E-state index in [9.17, 15) is 9.59 Å². The molecule has 30 heavy (non-hydrogen) atoms. The van der Waals surface area contributed by atoms with Gasteiger partial charge < -0.3 is 38.7 Å². The van der Waals surface area contributed by atoms with Crippen LogP contribution in [0, 0.1) is 0 Å². The van der Waals surface area contributed by atoms with Gasteiger partial charge in [-0.2, -0.15) is 4.57 Å². The number of halogens is 2. The van der Waals surface area contributed by atoms with Gasteiger partial charge in [0.15, 0.2) is 6.20 Å². The molecule has 1 aromatic carbocycles. The number of carbonyl (C=O) groups excluding carboxylic acids is 2. The van der Waals surface area contributed by atoms with Gasteiger partial charge in [-0.1, -0.05) is 30.3 Å². The highest BCUT2D eigenvalue weighted by atomic mass is 79.9. The molecule has 0 aliphatic carbocycles. The summed E-state index contributed by atoms with van der Waals surface area (Å²) >= 11 is 0. The number of aromatic nitrogens is 1. The molecule has 1 aromatic heterocycles. The smallest absolute Gasteiger partial charge is 0.403 e. The molecule has 0 unspecified atom stereocenters. The molecular formula is C23H26Br2N2O3. The highest BCUT2D eigenvalue weighted by molar-refractivity contribution is 5.95. The number of quaternary nitrogens is 1. The van der Waals surface area contributed by atoms with E-state index in [2.05, 4.69) is 31.3 Å². The highest BCUT2D eigenvalue weighted by Gasteiger charge is 2.26. The minimum Gasteiger partial charge on any atom is -1.00 e. The van der Waals surface area contributed by atoms with Crippen LogP contribution in [0.3, 0.4) is 0 Å². The van der Waals surface area contributed by atoms with Crippen LogP contribution in [0.5, 0.6) is 0 Å². The second kappa shape index (κ2) is 11.9. The molecule has 0 saturated heterocycles. The molecule has 0 fully saturated rings. The van der Waals surface area contributed by atoms with Gasteiger partial charge in [0, 0.05) is 37.5 Å². The number of benzene rings is 1. The summed E-state index contributed by atoms with van der Waals surface area (Å²) in [6, 6.07) is 12.9. The molecule has 2 N–H and O–H groups in total. The summed E-state index contributed by atoms with van der Waals surface area (Å²) in [5.41, 5.74) is 4.39. The Hall–Kier alpha value is -2.09. The van der Waals surface area contributed by atoms with Crippen LogP contribution in [0.4, 0.5) is 0 Å². The van der Waals surface area contributed by atoms with E-state index >= 15 is 0 Å². The number of rotatable bonds is 6. The lowest BCUT2D eigenvalue weighted by Gasteiger charge is -2.15. The number of pyridine rings is 1. The SMILES string of the molecule is CCOC(=O)c1cc(C2C=C(C)[NH2+]C(C)=C2)cc[n+]1CC(=O)c1ccccc1.[Br-].[Br-]. The second-order valence-electron chi connectivity index (χ2n) is 6.97. The van der Waals surface area contributed by atoms with E-state index in [-0.39, 0.29) is 58.8 Å². The summed E-state index contributed by atoms with van der Waals surface area (Å²) in [5.74, 6) is -0.380. The Morgan fingerprint density at radius 2 is 1.67 bits per heavy atom. The molecule has 1 aliphatic rings. The van der Waals surface area contributed by atoms with E-state index in [0.29, 0.717) is 11.3 Å². The van der Waals surface area contributed by atoms with Crippen molar-refractivity contribution in [2.24, 2.45) is 0 Å². The molecule has 2 aromatic rings. The standard InChI is InChI=1S/C23H25N2O3.2BrH/c1-4-28-23(27)21-14-19(20-12-16(2)24-17(3)13-20)10-11-25(21)15-22(26)18-8-6-5-7-9-18;;/h5-14,20,24H,4,15H2,1-3H3;2*1H/q+1;;/p-1. The number of esters is 1. The lowest BCUT2D eigenvalue weighted by molar-refractivity contribution is -0.685. The topological polar surface area (TPSA) is 63.9 Å². The van der Waals surface area contributed by atoms with Crippen LogP contribution in [0.2, 0.25) is 0 Å². The lowest BCUT2D eigenvalue weighted by atomic mass is 9.95. The Labute approximate surface area is 198 Å². The molecule has 0 saturated carbocycles. The minimum atomic E-state index is -0.422. The van der Waals surface area contributed by atoms with Gasteiger partial charge in [0.25, 0.3) is 5.69 Å². The van der Waals surface area contributed by atoms with Crippen molar-refractivity contribution in [2.75, 3.05) is 6.61 Å².